The lowest BCUT2D eigenvalue weighted by atomic mass is 10.1. The zero-order chi connectivity index (χ0) is 22.2. The highest BCUT2D eigenvalue weighted by Crippen LogP contribution is 2.32. The number of fused-ring (bicyclic) bond motifs is 2. The Morgan fingerprint density at radius 2 is 1.84 bits per heavy atom. The molecular weight excluding hydrogens is 408 g/mol. The van der Waals surface area contributed by atoms with E-state index in [0.717, 1.165) is 29.6 Å². The minimum Gasteiger partial charge on any atom is -0.507 e. The molecule has 0 unspecified atom stereocenters. The summed E-state index contributed by atoms with van der Waals surface area (Å²) in [5, 5.41) is 24.7. The fourth-order valence-corrected chi connectivity index (χ4v) is 4.42. The van der Waals surface area contributed by atoms with Gasteiger partial charge in [-0.05, 0) is 36.2 Å². The molecule has 0 radical (unpaired) electrons. The number of piperazine rings is 1. The standard InChI is InChI=1S/C23H26N6O3/c1-2-25-21-17-10-18(20(30)11-19(17)26-27-21)23(32)29-12-15-4-3-14(9-16(15)13-29)22(31)28-7-5-24-6-8-28/h3-4,9-11,24,30H,2,5-8,12-13H2,1H3,(H2,25,26,27). The van der Waals surface area contributed by atoms with E-state index in [0.29, 0.717) is 49.6 Å². The number of phenols is 1. The van der Waals surface area contributed by atoms with E-state index in [1.807, 2.05) is 30.0 Å². The molecule has 0 saturated carbocycles. The predicted octanol–water partition coefficient (Wildman–Crippen LogP) is 1.90. The van der Waals surface area contributed by atoms with E-state index in [4.69, 9.17) is 0 Å². The van der Waals surface area contributed by atoms with Crippen LogP contribution in [0.15, 0.2) is 30.3 Å². The van der Waals surface area contributed by atoms with Gasteiger partial charge in [0.05, 0.1) is 11.1 Å². The molecule has 9 heteroatoms. The summed E-state index contributed by atoms with van der Waals surface area (Å²) < 4.78 is 0. The summed E-state index contributed by atoms with van der Waals surface area (Å²) >= 11 is 0. The number of carbonyl (C=O) groups excluding carboxylic acids is 2. The van der Waals surface area contributed by atoms with E-state index >= 15 is 0 Å². The van der Waals surface area contributed by atoms with Crippen LogP contribution in [0.5, 0.6) is 5.75 Å². The molecule has 3 aromatic rings. The van der Waals surface area contributed by atoms with Crippen molar-refractivity contribution in [2.45, 2.75) is 20.0 Å². The molecule has 4 N–H and O–H groups in total. The minimum absolute atomic E-state index is 0.0260. The van der Waals surface area contributed by atoms with Crippen LogP contribution in [-0.2, 0) is 13.1 Å². The van der Waals surface area contributed by atoms with Gasteiger partial charge in [0, 0.05) is 62.8 Å². The fraction of sp³-hybridized carbons (Fsp3) is 0.348. The topological polar surface area (TPSA) is 114 Å². The Bertz CT molecular complexity index is 1200. The highest BCUT2D eigenvalue weighted by atomic mass is 16.3. The van der Waals surface area contributed by atoms with Crippen LogP contribution in [0.4, 0.5) is 5.82 Å². The second kappa shape index (κ2) is 8.16. The van der Waals surface area contributed by atoms with Crippen molar-refractivity contribution in [3.05, 3.63) is 52.6 Å². The first-order valence-corrected chi connectivity index (χ1v) is 10.9. The number of phenolic OH excluding ortho intramolecular Hbond substituents is 1. The number of benzene rings is 2. The number of anilines is 1. The highest BCUT2D eigenvalue weighted by molar-refractivity contribution is 6.03. The third kappa shape index (κ3) is 3.54. The Morgan fingerprint density at radius 1 is 1.06 bits per heavy atom. The largest absolute Gasteiger partial charge is 0.507 e. The smallest absolute Gasteiger partial charge is 0.258 e. The van der Waals surface area contributed by atoms with Crippen LogP contribution in [0.3, 0.4) is 0 Å². The summed E-state index contributed by atoms with van der Waals surface area (Å²) in [4.78, 5) is 29.7. The number of aromatic amines is 1. The SMILES string of the molecule is CCNc1n[nH]c2cc(O)c(C(=O)N3Cc4ccc(C(=O)N5CCNCC5)cc4C3)cc12. The van der Waals surface area contributed by atoms with Crippen molar-refractivity contribution >= 4 is 28.5 Å². The first-order chi connectivity index (χ1) is 15.5. The van der Waals surface area contributed by atoms with Crippen LogP contribution < -0.4 is 10.6 Å². The molecule has 0 aliphatic carbocycles. The number of hydrogen-bond acceptors (Lipinski definition) is 6. The third-order valence-corrected chi connectivity index (χ3v) is 6.12. The number of nitrogens with one attached hydrogen (secondary N) is 3. The molecule has 2 aliphatic rings. The molecule has 32 heavy (non-hydrogen) atoms. The van der Waals surface area contributed by atoms with E-state index in [1.165, 1.54) is 6.07 Å². The normalized spacial score (nSPS) is 15.8. The quantitative estimate of drug-likeness (QED) is 0.499. The van der Waals surface area contributed by atoms with Gasteiger partial charge < -0.3 is 25.5 Å². The van der Waals surface area contributed by atoms with E-state index in [-0.39, 0.29) is 23.1 Å². The third-order valence-electron chi connectivity index (χ3n) is 6.12. The minimum atomic E-state index is -0.251. The maximum Gasteiger partial charge on any atom is 0.258 e. The van der Waals surface area contributed by atoms with Gasteiger partial charge in [0.25, 0.3) is 11.8 Å². The van der Waals surface area contributed by atoms with Gasteiger partial charge >= 0.3 is 0 Å². The molecule has 1 saturated heterocycles. The number of rotatable bonds is 4. The number of aromatic nitrogens is 2. The molecule has 0 bridgehead atoms. The number of H-pyrrole nitrogens is 1. The summed E-state index contributed by atoms with van der Waals surface area (Å²) in [6, 6.07) is 8.88. The lowest BCUT2D eigenvalue weighted by molar-refractivity contribution is 0.0734. The molecule has 2 aromatic carbocycles. The average Bonchev–Trinajstić information content (AvgIpc) is 3.42. The molecule has 2 amide bonds. The Labute approximate surface area is 185 Å². The lowest BCUT2D eigenvalue weighted by Crippen LogP contribution is -2.46. The second-order valence-corrected chi connectivity index (χ2v) is 8.20. The number of amides is 2. The molecule has 166 valence electrons. The van der Waals surface area contributed by atoms with Crippen molar-refractivity contribution in [1.29, 1.82) is 0 Å². The molecule has 3 heterocycles. The molecule has 2 aliphatic heterocycles. The van der Waals surface area contributed by atoms with Gasteiger partial charge in [-0.2, -0.15) is 5.10 Å². The summed E-state index contributed by atoms with van der Waals surface area (Å²) in [5.74, 6) is 0.342. The van der Waals surface area contributed by atoms with Crippen molar-refractivity contribution < 1.29 is 14.7 Å². The molecule has 0 spiro atoms. The fourth-order valence-electron chi connectivity index (χ4n) is 4.42. The maximum absolute atomic E-state index is 13.3. The average molecular weight is 435 g/mol. The van der Waals surface area contributed by atoms with Gasteiger partial charge in [-0.15, -0.1) is 0 Å². The van der Waals surface area contributed by atoms with Gasteiger partial charge in [-0.1, -0.05) is 6.07 Å². The summed E-state index contributed by atoms with van der Waals surface area (Å²) in [6.07, 6.45) is 0. The molecular formula is C23H26N6O3. The van der Waals surface area contributed by atoms with Gasteiger partial charge in [-0.3, -0.25) is 14.7 Å². The van der Waals surface area contributed by atoms with Gasteiger partial charge in [-0.25, -0.2) is 0 Å². The van der Waals surface area contributed by atoms with Gasteiger partial charge in [0.1, 0.15) is 5.75 Å². The van der Waals surface area contributed by atoms with Crippen molar-refractivity contribution in [3.8, 4) is 5.75 Å². The van der Waals surface area contributed by atoms with Gasteiger partial charge in [0.15, 0.2) is 5.82 Å². The van der Waals surface area contributed by atoms with Crippen LogP contribution in [-0.4, -0.2) is 69.6 Å². The first-order valence-electron chi connectivity index (χ1n) is 10.9. The number of aromatic hydroxyl groups is 1. The first kappa shape index (κ1) is 20.3. The second-order valence-electron chi connectivity index (χ2n) is 8.20. The molecule has 1 fully saturated rings. The zero-order valence-electron chi connectivity index (χ0n) is 17.9. The van der Waals surface area contributed by atoms with E-state index in [2.05, 4.69) is 20.8 Å². The molecule has 1 aromatic heterocycles. The maximum atomic E-state index is 13.3. The highest BCUT2D eigenvalue weighted by Gasteiger charge is 2.28. The van der Waals surface area contributed by atoms with Crippen molar-refractivity contribution in [2.75, 3.05) is 38.0 Å². The van der Waals surface area contributed by atoms with Crippen LogP contribution in [0.25, 0.3) is 10.9 Å². The monoisotopic (exact) mass is 434 g/mol. The van der Waals surface area contributed by atoms with Crippen molar-refractivity contribution in [2.24, 2.45) is 0 Å². The molecule has 0 atom stereocenters. The Kier molecular flexibility index (Phi) is 5.18. The van der Waals surface area contributed by atoms with E-state index in [9.17, 15) is 14.7 Å². The summed E-state index contributed by atoms with van der Waals surface area (Å²) in [6.45, 7) is 6.52. The van der Waals surface area contributed by atoms with Gasteiger partial charge in [0.2, 0.25) is 0 Å². The van der Waals surface area contributed by atoms with E-state index in [1.54, 1.807) is 11.0 Å². The Morgan fingerprint density at radius 3 is 2.62 bits per heavy atom. The molecule has 9 nitrogen and oxygen atoms in total. The molecule has 5 rings (SSSR count). The van der Waals surface area contributed by atoms with Crippen LogP contribution in [0.2, 0.25) is 0 Å². The van der Waals surface area contributed by atoms with Crippen molar-refractivity contribution in [3.63, 3.8) is 0 Å². The predicted molar refractivity (Wildman–Crippen MR) is 121 cm³/mol. The van der Waals surface area contributed by atoms with Crippen LogP contribution in [0, 0.1) is 0 Å². The Balaban J connectivity index is 1.37. The number of carbonyl (C=O) groups is 2. The summed E-state index contributed by atoms with van der Waals surface area (Å²) in [7, 11) is 0. The number of nitrogens with zero attached hydrogens (tertiary/aromatic N) is 3. The van der Waals surface area contributed by atoms with E-state index < -0.39 is 0 Å². The van der Waals surface area contributed by atoms with Crippen LogP contribution in [0.1, 0.15) is 38.8 Å². The summed E-state index contributed by atoms with van der Waals surface area (Å²) in [5.41, 5.74) is 3.54. The van der Waals surface area contributed by atoms with Crippen molar-refractivity contribution in [1.82, 2.24) is 25.3 Å². The lowest BCUT2D eigenvalue weighted by Gasteiger charge is -2.27. The number of hydrogen-bond donors (Lipinski definition) is 4. The zero-order valence-corrected chi connectivity index (χ0v) is 17.9. The van der Waals surface area contributed by atoms with Crippen LogP contribution >= 0.6 is 0 Å². The Hall–Kier alpha value is -3.59.